The molecular weight excluding hydrogens is 238 g/mol. The molecule has 0 spiro atoms. The van der Waals surface area contributed by atoms with Crippen LogP contribution in [-0.4, -0.2) is 46.5 Å². The Balaban J connectivity index is 2.91. The molecule has 0 aliphatic carbocycles. The molecule has 1 aromatic heterocycles. The van der Waals surface area contributed by atoms with E-state index in [0.29, 0.717) is 17.0 Å². The number of hydrogen-bond donors (Lipinski definition) is 2. The topological polar surface area (TPSA) is 93.4 Å². The molecule has 2 N–H and O–H groups in total. The Morgan fingerprint density at radius 2 is 2.11 bits per heavy atom. The Kier molecular flexibility index (Phi) is 4.43. The van der Waals surface area contributed by atoms with E-state index in [4.69, 9.17) is 5.11 Å². The molecule has 0 saturated heterocycles. The van der Waals surface area contributed by atoms with Crippen LogP contribution in [0.15, 0.2) is 0 Å². The molecule has 18 heavy (non-hydrogen) atoms. The lowest BCUT2D eigenvalue weighted by atomic mass is 10.1. The van der Waals surface area contributed by atoms with Crippen molar-refractivity contribution in [1.82, 2.24) is 15.1 Å². The third-order valence-electron chi connectivity index (χ3n) is 2.71. The number of aliphatic hydroxyl groups excluding tert-OH is 1. The molecule has 0 fully saturated rings. The number of aliphatic hydroxyl groups is 1. The Morgan fingerprint density at radius 3 is 2.50 bits per heavy atom. The maximum Gasteiger partial charge on any atom is 0.330 e. The van der Waals surface area contributed by atoms with E-state index in [1.54, 1.807) is 25.6 Å². The van der Waals surface area contributed by atoms with E-state index < -0.39 is 24.5 Å². The largest absolute Gasteiger partial charge is 0.467 e. The first-order valence-electron chi connectivity index (χ1n) is 5.42. The highest BCUT2D eigenvalue weighted by molar-refractivity contribution is 5.98. The average molecular weight is 255 g/mol. The van der Waals surface area contributed by atoms with Gasteiger partial charge in [0.2, 0.25) is 0 Å². The van der Waals surface area contributed by atoms with Crippen molar-refractivity contribution < 1.29 is 19.4 Å². The molecule has 1 heterocycles. The maximum atomic E-state index is 12.0. The fraction of sp³-hybridized carbons (Fsp3) is 0.545. The van der Waals surface area contributed by atoms with Gasteiger partial charge in [-0.25, -0.2) is 4.79 Å². The van der Waals surface area contributed by atoms with Gasteiger partial charge in [-0.3, -0.25) is 9.48 Å². The van der Waals surface area contributed by atoms with E-state index in [1.165, 1.54) is 7.11 Å². The molecule has 7 nitrogen and oxygen atoms in total. The number of rotatable bonds is 4. The van der Waals surface area contributed by atoms with Gasteiger partial charge in [-0.2, -0.15) is 5.10 Å². The summed E-state index contributed by atoms with van der Waals surface area (Å²) in [4.78, 5) is 23.3. The molecule has 0 bridgehead atoms. The second-order valence-electron chi connectivity index (χ2n) is 3.90. The minimum Gasteiger partial charge on any atom is -0.467 e. The van der Waals surface area contributed by atoms with Gasteiger partial charge in [0.15, 0.2) is 6.04 Å². The summed E-state index contributed by atoms with van der Waals surface area (Å²) in [5.74, 6) is -1.15. The number of amides is 1. The van der Waals surface area contributed by atoms with E-state index in [-0.39, 0.29) is 0 Å². The molecule has 1 rings (SSSR count). The number of carbonyl (C=O) groups is 2. The number of aromatic nitrogens is 2. The van der Waals surface area contributed by atoms with Gasteiger partial charge in [-0.1, -0.05) is 0 Å². The predicted molar refractivity (Wildman–Crippen MR) is 63.0 cm³/mol. The summed E-state index contributed by atoms with van der Waals surface area (Å²) >= 11 is 0. The van der Waals surface area contributed by atoms with Gasteiger partial charge in [-0.05, 0) is 13.8 Å². The summed E-state index contributed by atoms with van der Waals surface area (Å²) in [5, 5.41) is 15.5. The van der Waals surface area contributed by atoms with Crippen molar-refractivity contribution in [2.75, 3.05) is 13.7 Å². The summed E-state index contributed by atoms with van der Waals surface area (Å²) in [6.07, 6.45) is 0. The molecule has 100 valence electrons. The first-order chi connectivity index (χ1) is 8.42. The highest BCUT2D eigenvalue weighted by atomic mass is 16.5. The highest BCUT2D eigenvalue weighted by Crippen LogP contribution is 2.11. The fourth-order valence-corrected chi connectivity index (χ4v) is 1.65. The number of hydrogen-bond acceptors (Lipinski definition) is 5. The Hall–Kier alpha value is -1.89. The monoisotopic (exact) mass is 255 g/mol. The van der Waals surface area contributed by atoms with Gasteiger partial charge >= 0.3 is 5.97 Å². The van der Waals surface area contributed by atoms with E-state index in [0.717, 1.165) is 0 Å². The second kappa shape index (κ2) is 5.63. The first-order valence-corrected chi connectivity index (χ1v) is 5.42. The van der Waals surface area contributed by atoms with Crippen LogP contribution in [0.1, 0.15) is 21.7 Å². The molecule has 1 amide bonds. The van der Waals surface area contributed by atoms with E-state index in [9.17, 15) is 9.59 Å². The third-order valence-corrected chi connectivity index (χ3v) is 2.71. The quantitative estimate of drug-likeness (QED) is 0.694. The average Bonchev–Trinajstić information content (AvgIpc) is 2.59. The van der Waals surface area contributed by atoms with Gasteiger partial charge in [0, 0.05) is 12.7 Å². The number of aryl methyl sites for hydroxylation is 2. The van der Waals surface area contributed by atoms with Crippen molar-refractivity contribution in [3.63, 3.8) is 0 Å². The van der Waals surface area contributed by atoms with Crippen molar-refractivity contribution in [3.8, 4) is 0 Å². The van der Waals surface area contributed by atoms with Gasteiger partial charge in [-0.15, -0.1) is 0 Å². The van der Waals surface area contributed by atoms with Gasteiger partial charge < -0.3 is 15.2 Å². The molecular formula is C11H17N3O4. The van der Waals surface area contributed by atoms with Crippen LogP contribution < -0.4 is 5.32 Å². The maximum absolute atomic E-state index is 12.0. The van der Waals surface area contributed by atoms with Crippen molar-refractivity contribution >= 4 is 11.9 Å². The minimum absolute atomic E-state index is 0.403. The fourth-order valence-electron chi connectivity index (χ4n) is 1.65. The SMILES string of the molecule is COC(=O)C(CO)NC(=O)c1c(C)nn(C)c1C. The molecule has 0 saturated carbocycles. The van der Waals surface area contributed by atoms with Crippen LogP contribution in [0, 0.1) is 13.8 Å². The minimum atomic E-state index is -1.07. The molecule has 7 heteroatoms. The second-order valence-corrected chi connectivity index (χ2v) is 3.90. The lowest BCUT2D eigenvalue weighted by Crippen LogP contribution is -2.44. The van der Waals surface area contributed by atoms with E-state index >= 15 is 0 Å². The van der Waals surface area contributed by atoms with Gasteiger partial charge in [0.1, 0.15) is 0 Å². The Bertz CT molecular complexity index is 467. The first kappa shape index (κ1) is 14.2. The highest BCUT2D eigenvalue weighted by Gasteiger charge is 2.24. The number of nitrogens with one attached hydrogen (secondary N) is 1. The molecule has 1 aromatic rings. The van der Waals surface area contributed by atoms with Crippen LogP contribution in [0.25, 0.3) is 0 Å². The summed E-state index contributed by atoms with van der Waals surface area (Å²) in [5.41, 5.74) is 1.65. The Morgan fingerprint density at radius 1 is 1.50 bits per heavy atom. The van der Waals surface area contributed by atoms with Crippen LogP contribution in [-0.2, 0) is 16.6 Å². The molecule has 1 atom stereocenters. The zero-order chi connectivity index (χ0) is 13.9. The number of nitrogens with zero attached hydrogens (tertiary/aromatic N) is 2. The molecule has 0 radical (unpaired) electrons. The summed E-state index contributed by atoms with van der Waals surface area (Å²) in [6, 6.07) is -1.07. The van der Waals surface area contributed by atoms with Crippen molar-refractivity contribution in [3.05, 3.63) is 17.0 Å². The Labute approximate surface area is 105 Å². The number of ether oxygens (including phenoxy) is 1. The summed E-state index contributed by atoms with van der Waals surface area (Å²) in [6.45, 7) is 2.94. The van der Waals surface area contributed by atoms with Crippen LogP contribution >= 0.6 is 0 Å². The van der Waals surface area contributed by atoms with Crippen LogP contribution in [0.2, 0.25) is 0 Å². The standard InChI is InChI=1S/C11H17N3O4/c1-6-9(7(2)14(3)13-6)10(16)12-8(5-15)11(17)18-4/h8,15H,5H2,1-4H3,(H,12,16). The summed E-state index contributed by atoms with van der Waals surface area (Å²) in [7, 11) is 2.92. The van der Waals surface area contributed by atoms with Crippen molar-refractivity contribution in [2.45, 2.75) is 19.9 Å². The molecule has 0 aliphatic rings. The molecule has 1 unspecified atom stereocenters. The van der Waals surface area contributed by atoms with Gasteiger partial charge in [0.05, 0.1) is 25.0 Å². The van der Waals surface area contributed by atoms with Crippen molar-refractivity contribution in [1.29, 1.82) is 0 Å². The predicted octanol–water partition coefficient (Wildman–Crippen LogP) is -0.699. The smallest absolute Gasteiger partial charge is 0.330 e. The third kappa shape index (κ3) is 2.67. The van der Waals surface area contributed by atoms with E-state index in [2.05, 4.69) is 15.2 Å². The van der Waals surface area contributed by atoms with Crippen molar-refractivity contribution in [2.24, 2.45) is 7.05 Å². The van der Waals surface area contributed by atoms with Crippen LogP contribution in [0.3, 0.4) is 0 Å². The normalized spacial score (nSPS) is 12.1. The van der Waals surface area contributed by atoms with Crippen LogP contribution in [0.5, 0.6) is 0 Å². The number of carbonyl (C=O) groups excluding carboxylic acids is 2. The lowest BCUT2D eigenvalue weighted by Gasteiger charge is -2.13. The molecule has 0 aromatic carbocycles. The van der Waals surface area contributed by atoms with E-state index in [1.807, 2.05) is 0 Å². The zero-order valence-corrected chi connectivity index (χ0v) is 10.9. The van der Waals surface area contributed by atoms with Gasteiger partial charge in [0.25, 0.3) is 5.91 Å². The number of methoxy groups -OCH3 is 1. The summed E-state index contributed by atoms with van der Waals surface area (Å²) < 4.78 is 6.05. The van der Waals surface area contributed by atoms with Crippen LogP contribution in [0.4, 0.5) is 0 Å². The zero-order valence-electron chi connectivity index (χ0n) is 10.9. The number of esters is 1. The lowest BCUT2D eigenvalue weighted by molar-refractivity contribution is -0.143. The molecule has 0 aliphatic heterocycles.